The van der Waals surface area contributed by atoms with Gasteiger partial charge in [-0.15, -0.1) is 0 Å². The minimum atomic E-state index is -4.29. The number of unbranched alkanes of at least 4 members (excludes halogenated alkanes) is 1. The van der Waals surface area contributed by atoms with E-state index in [0.717, 1.165) is 18.9 Å². The van der Waals surface area contributed by atoms with E-state index in [4.69, 9.17) is 5.14 Å². The maximum Gasteiger partial charge on any atom is 0.335 e. The molecule has 4 N–H and O–H groups in total. The SMILES string of the molecule is CCCCNc1cc(C(=O)O)cc(S(N)(=O)=O)c1[S+]([O-])c1ccccc1. The zero-order valence-electron chi connectivity index (χ0n) is 14.1. The standard InChI is InChI=1S/C17H20N2O5S2/c1-2-3-9-19-14-10-12(17(20)21)11-15(26(18,23)24)16(14)25(22)13-7-5-4-6-8-13/h4-8,10-11,19H,2-3,9H2,1H3,(H,20,21)(H2,18,23,24). The van der Waals surface area contributed by atoms with Gasteiger partial charge in [0.1, 0.15) is 4.90 Å². The van der Waals surface area contributed by atoms with Crippen LogP contribution in [0.3, 0.4) is 0 Å². The van der Waals surface area contributed by atoms with Gasteiger partial charge in [-0.05, 0) is 30.7 Å². The molecule has 2 rings (SSSR count). The first kappa shape index (κ1) is 20.2. The van der Waals surface area contributed by atoms with Crippen molar-refractivity contribution in [2.75, 3.05) is 11.9 Å². The number of carboxylic acids is 1. The molecule has 0 bridgehead atoms. The van der Waals surface area contributed by atoms with Gasteiger partial charge in [-0.25, -0.2) is 18.4 Å². The maximum atomic E-state index is 13.1. The molecule has 1 atom stereocenters. The third-order valence-corrected chi connectivity index (χ3v) is 6.17. The van der Waals surface area contributed by atoms with Crippen LogP contribution in [0.1, 0.15) is 30.1 Å². The number of carbonyl (C=O) groups is 1. The summed E-state index contributed by atoms with van der Waals surface area (Å²) in [6, 6.07) is 10.5. The molecule has 0 saturated heterocycles. The van der Waals surface area contributed by atoms with Gasteiger partial charge in [0.15, 0.2) is 4.90 Å². The number of anilines is 1. The van der Waals surface area contributed by atoms with Gasteiger partial charge in [0.25, 0.3) is 0 Å². The fourth-order valence-corrected chi connectivity index (χ4v) is 4.77. The minimum Gasteiger partial charge on any atom is -0.606 e. The number of nitrogens with two attached hydrogens (primary N) is 1. The molecule has 0 aromatic heterocycles. The Bertz CT molecular complexity index is 886. The van der Waals surface area contributed by atoms with Crippen molar-refractivity contribution in [1.82, 2.24) is 0 Å². The second-order valence-corrected chi connectivity index (χ2v) is 8.51. The van der Waals surface area contributed by atoms with E-state index in [-0.39, 0.29) is 16.1 Å². The summed E-state index contributed by atoms with van der Waals surface area (Å²) in [6.45, 7) is 2.46. The van der Waals surface area contributed by atoms with Crippen LogP contribution in [0.5, 0.6) is 0 Å². The van der Waals surface area contributed by atoms with Crippen LogP contribution in [0.15, 0.2) is 57.2 Å². The van der Waals surface area contributed by atoms with Gasteiger partial charge in [-0.2, -0.15) is 0 Å². The summed E-state index contributed by atoms with van der Waals surface area (Å²) >= 11 is -1.86. The molecule has 140 valence electrons. The largest absolute Gasteiger partial charge is 0.606 e. The molecule has 26 heavy (non-hydrogen) atoms. The van der Waals surface area contributed by atoms with Crippen molar-refractivity contribution in [2.24, 2.45) is 5.14 Å². The van der Waals surface area contributed by atoms with Crippen LogP contribution < -0.4 is 10.5 Å². The topological polar surface area (TPSA) is 133 Å². The highest BCUT2D eigenvalue weighted by molar-refractivity contribution is 7.93. The Hall–Kier alpha value is -2.07. The molecule has 0 radical (unpaired) electrons. The van der Waals surface area contributed by atoms with Gasteiger partial charge in [-0.3, -0.25) is 0 Å². The Morgan fingerprint density at radius 3 is 2.46 bits per heavy atom. The predicted octanol–water partition coefficient (Wildman–Crippen LogP) is 2.41. The van der Waals surface area contributed by atoms with Crippen molar-refractivity contribution in [3.05, 3.63) is 48.0 Å². The van der Waals surface area contributed by atoms with E-state index < -0.39 is 32.1 Å². The monoisotopic (exact) mass is 396 g/mol. The highest BCUT2D eigenvalue weighted by atomic mass is 32.2. The van der Waals surface area contributed by atoms with E-state index in [1.165, 1.54) is 6.07 Å². The molecule has 1 unspecified atom stereocenters. The Kier molecular flexibility index (Phi) is 6.65. The summed E-state index contributed by atoms with van der Waals surface area (Å²) in [4.78, 5) is 11.3. The molecule has 2 aromatic carbocycles. The predicted molar refractivity (Wildman–Crippen MR) is 99.3 cm³/mol. The average Bonchev–Trinajstić information content (AvgIpc) is 2.60. The van der Waals surface area contributed by atoms with E-state index in [9.17, 15) is 22.9 Å². The van der Waals surface area contributed by atoms with Gasteiger partial charge in [-0.1, -0.05) is 31.5 Å². The lowest BCUT2D eigenvalue weighted by Crippen LogP contribution is -2.20. The van der Waals surface area contributed by atoms with Crippen molar-refractivity contribution in [2.45, 2.75) is 34.5 Å². The summed E-state index contributed by atoms with van der Waals surface area (Å²) in [6.07, 6.45) is 1.66. The van der Waals surface area contributed by atoms with Crippen molar-refractivity contribution in [1.29, 1.82) is 0 Å². The number of hydrogen-bond acceptors (Lipinski definition) is 5. The first-order valence-electron chi connectivity index (χ1n) is 7.90. The van der Waals surface area contributed by atoms with Gasteiger partial charge < -0.3 is 15.0 Å². The lowest BCUT2D eigenvalue weighted by atomic mass is 10.2. The zero-order chi connectivity index (χ0) is 19.3. The highest BCUT2D eigenvalue weighted by Gasteiger charge is 2.31. The number of nitrogens with one attached hydrogen (secondary N) is 1. The highest BCUT2D eigenvalue weighted by Crippen LogP contribution is 2.34. The fraction of sp³-hybridized carbons (Fsp3) is 0.235. The van der Waals surface area contributed by atoms with Crippen molar-refractivity contribution in [3.63, 3.8) is 0 Å². The van der Waals surface area contributed by atoms with E-state index in [2.05, 4.69) is 5.32 Å². The smallest absolute Gasteiger partial charge is 0.335 e. The maximum absolute atomic E-state index is 13.1. The summed E-state index contributed by atoms with van der Waals surface area (Å²) < 4.78 is 37.2. The summed E-state index contributed by atoms with van der Waals surface area (Å²) in [5.41, 5.74) is -0.0635. The molecule has 0 saturated carbocycles. The van der Waals surface area contributed by atoms with Crippen LogP contribution in [-0.2, 0) is 21.2 Å². The zero-order valence-corrected chi connectivity index (χ0v) is 15.8. The van der Waals surface area contributed by atoms with Gasteiger partial charge in [0.05, 0.1) is 11.3 Å². The van der Waals surface area contributed by atoms with Crippen LogP contribution >= 0.6 is 0 Å². The van der Waals surface area contributed by atoms with Crippen LogP contribution in [0.4, 0.5) is 5.69 Å². The minimum absolute atomic E-state index is 0.0418. The molecule has 0 aliphatic rings. The number of sulfonamides is 1. The van der Waals surface area contributed by atoms with Gasteiger partial charge >= 0.3 is 5.97 Å². The molecule has 2 aromatic rings. The molecule has 7 nitrogen and oxygen atoms in total. The molecule has 0 aliphatic heterocycles. The summed E-state index contributed by atoms with van der Waals surface area (Å²) in [5, 5.41) is 17.6. The number of carboxylic acid groups (broad SMARTS) is 1. The van der Waals surface area contributed by atoms with Crippen LogP contribution in [0.2, 0.25) is 0 Å². The van der Waals surface area contributed by atoms with Crippen LogP contribution in [-0.4, -0.2) is 30.6 Å². The molecular formula is C17H20N2O5S2. The Morgan fingerprint density at radius 1 is 1.27 bits per heavy atom. The second kappa shape index (κ2) is 8.54. The molecule has 0 spiro atoms. The van der Waals surface area contributed by atoms with E-state index in [1.807, 2.05) is 6.92 Å². The Morgan fingerprint density at radius 2 is 1.92 bits per heavy atom. The number of benzene rings is 2. The van der Waals surface area contributed by atoms with Crippen LogP contribution in [0, 0.1) is 0 Å². The molecule has 0 aliphatic carbocycles. The van der Waals surface area contributed by atoms with Crippen molar-refractivity contribution in [3.8, 4) is 0 Å². The third kappa shape index (κ3) is 4.76. The van der Waals surface area contributed by atoms with Crippen molar-refractivity contribution < 1.29 is 22.9 Å². The number of hydrogen-bond donors (Lipinski definition) is 3. The fourth-order valence-electron chi connectivity index (χ4n) is 2.32. The molecule has 0 fully saturated rings. The number of aromatic carboxylic acids is 1. The molecule has 9 heteroatoms. The molecule has 0 amide bonds. The van der Waals surface area contributed by atoms with Crippen molar-refractivity contribution >= 4 is 32.9 Å². The Balaban J connectivity index is 2.69. The number of rotatable bonds is 8. The van der Waals surface area contributed by atoms with E-state index in [0.29, 0.717) is 11.4 Å². The molecular weight excluding hydrogens is 376 g/mol. The normalized spacial score (nSPS) is 12.6. The van der Waals surface area contributed by atoms with Gasteiger partial charge in [0, 0.05) is 17.7 Å². The number of primary sulfonamides is 1. The first-order chi connectivity index (χ1) is 12.3. The van der Waals surface area contributed by atoms with Crippen LogP contribution in [0.25, 0.3) is 0 Å². The summed E-state index contributed by atoms with van der Waals surface area (Å²) in [5.74, 6) is -1.30. The first-order valence-corrected chi connectivity index (χ1v) is 10.6. The quantitative estimate of drug-likeness (QED) is 0.464. The molecule has 0 heterocycles. The Labute approximate surface area is 155 Å². The summed E-state index contributed by atoms with van der Waals surface area (Å²) in [7, 11) is -4.29. The lowest BCUT2D eigenvalue weighted by molar-refractivity contribution is 0.0696. The lowest BCUT2D eigenvalue weighted by Gasteiger charge is -2.18. The average molecular weight is 396 g/mol. The van der Waals surface area contributed by atoms with Gasteiger partial charge in [0.2, 0.25) is 14.9 Å². The second-order valence-electron chi connectivity index (χ2n) is 5.56. The van der Waals surface area contributed by atoms with E-state index in [1.54, 1.807) is 30.3 Å². The third-order valence-electron chi connectivity index (χ3n) is 3.60. The van der Waals surface area contributed by atoms with E-state index >= 15 is 0 Å².